The van der Waals surface area contributed by atoms with Crippen LogP contribution in [0.4, 0.5) is 0 Å². The number of hydrogen-bond acceptors (Lipinski definition) is 2. The van der Waals surface area contributed by atoms with Gasteiger partial charge in [-0.25, -0.2) is 0 Å². The zero-order valence-corrected chi connectivity index (χ0v) is 15.3. The van der Waals surface area contributed by atoms with Gasteiger partial charge in [-0.2, -0.15) is 0 Å². The Hall–Kier alpha value is -3.46. The maximum absolute atomic E-state index is 5.50. The predicted molar refractivity (Wildman–Crippen MR) is 111 cm³/mol. The molecule has 0 spiro atoms. The Bertz CT molecular complexity index is 1290. The van der Waals surface area contributed by atoms with Crippen LogP contribution >= 0.6 is 0 Å². The topological polar surface area (TPSA) is 23.4 Å². The highest BCUT2D eigenvalue weighted by Crippen LogP contribution is 2.38. The van der Waals surface area contributed by atoms with Crippen LogP contribution in [0.1, 0.15) is 0 Å². The van der Waals surface area contributed by atoms with Crippen LogP contribution in [-0.4, -0.2) is 18.8 Å². The summed E-state index contributed by atoms with van der Waals surface area (Å²) in [5.41, 5.74) is 3.47. The van der Waals surface area contributed by atoms with Gasteiger partial charge in [0.1, 0.15) is 11.5 Å². The van der Waals surface area contributed by atoms with Crippen LogP contribution in [0.2, 0.25) is 0 Å². The van der Waals surface area contributed by atoms with Crippen molar-refractivity contribution >= 4 is 32.6 Å². The Morgan fingerprint density at radius 3 is 2.04 bits per heavy atom. The lowest BCUT2D eigenvalue weighted by molar-refractivity contribution is 0.415. The van der Waals surface area contributed by atoms with Crippen molar-refractivity contribution < 1.29 is 9.47 Å². The monoisotopic (exact) mass is 353 g/mol. The van der Waals surface area contributed by atoms with Gasteiger partial charge in [0.25, 0.3) is 0 Å². The zero-order chi connectivity index (χ0) is 18.4. The van der Waals surface area contributed by atoms with Gasteiger partial charge in [0.2, 0.25) is 0 Å². The summed E-state index contributed by atoms with van der Waals surface area (Å²) in [5, 5.41) is 4.81. The summed E-state index contributed by atoms with van der Waals surface area (Å²) in [6, 6.07) is 27.4. The van der Waals surface area contributed by atoms with Gasteiger partial charge in [0.05, 0.1) is 25.3 Å². The van der Waals surface area contributed by atoms with E-state index in [0.717, 1.165) is 28.1 Å². The highest BCUT2D eigenvalue weighted by atomic mass is 16.5. The molecule has 0 aliphatic rings. The smallest absolute Gasteiger partial charge is 0.120 e. The molecule has 1 aromatic heterocycles. The second kappa shape index (κ2) is 6.06. The molecule has 27 heavy (non-hydrogen) atoms. The van der Waals surface area contributed by atoms with Gasteiger partial charge in [0.15, 0.2) is 0 Å². The van der Waals surface area contributed by atoms with Gasteiger partial charge in [-0.15, -0.1) is 0 Å². The summed E-state index contributed by atoms with van der Waals surface area (Å²) in [7, 11) is 3.41. The first-order valence-electron chi connectivity index (χ1n) is 8.94. The summed E-state index contributed by atoms with van der Waals surface area (Å²) >= 11 is 0. The van der Waals surface area contributed by atoms with Crippen LogP contribution in [0.15, 0.2) is 78.9 Å². The number of hydrogen-bond donors (Lipinski definition) is 0. The average molecular weight is 353 g/mol. The minimum absolute atomic E-state index is 0.855. The van der Waals surface area contributed by atoms with Crippen LogP contribution in [0.3, 0.4) is 0 Å². The van der Waals surface area contributed by atoms with E-state index in [-0.39, 0.29) is 0 Å². The van der Waals surface area contributed by atoms with Gasteiger partial charge in [0, 0.05) is 27.9 Å². The third-order valence-electron chi connectivity index (χ3n) is 5.17. The number of nitrogens with zero attached hydrogens (tertiary/aromatic N) is 1. The third kappa shape index (κ3) is 2.36. The van der Waals surface area contributed by atoms with E-state index in [4.69, 9.17) is 9.47 Å². The number of methoxy groups -OCH3 is 2. The van der Waals surface area contributed by atoms with Gasteiger partial charge in [-0.3, -0.25) is 0 Å². The SMILES string of the molecule is COc1ccc2c(ccc3c4ccc(OC)cc4n(-c4ccccc4)c23)c1. The van der Waals surface area contributed by atoms with E-state index in [1.165, 1.54) is 21.7 Å². The van der Waals surface area contributed by atoms with Gasteiger partial charge < -0.3 is 14.0 Å². The Kier molecular flexibility index (Phi) is 3.54. The van der Waals surface area contributed by atoms with Crippen molar-refractivity contribution in [1.82, 2.24) is 4.57 Å². The summed E-state index contributed by atoms with van der Waals surface area (Å²) in [5.74, 6) is 1.72. The summed E-state index contributed by atoms with van der Waals surface area (Å²) < 4.78 is 13.2. The standard InChI is InChI=1S/C24H19NO2/c1-26-18-9-12-20-16(14-18)8-11-22-21-13-10-19(27-2)15-23(21)25(24(20)22)17-6-4-3-5-7-17/h3-15H,1-2H3. The maximum Gasteiger partial charge on any atom is 0.120 e. The molecule has 0 amide bonds. The Morgan fingerprint density at radius 2 is 1.30 bits per heavy atom. The third-order valence-corrected chi connectivity index (χ3v) is 5.17. The Labute approximate surface area is 157 Å². The summed E-state index contributed by atoms with van der Waals surface area (Å²) in [6.07, 6.45) is 0. The van der Waals surface area contributed by atoms with Crippen molar-refractivity contribution in [1.29, 1.82) is 0 Å². The Balaban J connectivity index is 2.00. The van der Waals surface area contributed by atoms with Crippen LogP contribution in [0.5, 0.6) is 11.5 Å². The predicted octanol–water partition coefficient (Wildman–Crippen LogP) is 5.95. The van der Waals surface area contributed by atoms with E-state index in [9.17, 15) is 0 Å². The molecule has 0 bridgehead atoms. The number of ether oxygens (including phenoxy) is 2. The highest BCUT2D eigenvalue weighted by Gasteiger charge is 2.15. The summed E-state index contributed by atoms with van der Waals surface area (Å²) in [4.78, 5) is 0. The van der Waals surface area contributed by atoms with E-state index in [0.29, 0.717) is 0 Å². The highest BCUT2D eigenvalue weighted by molar-refractivity contribution is 6.18. The molecular weight excluding hydrogens is 334 g/mol. The molecule has 0 fully saturated rings. The second-order valence-electron chi connectivity index (χ2n) is 6.60. The molecule has 0 aliphatic heterocycles. The first kappa shape index (κ1) is 15.8. The average Bonchev–Trinajstić information content (AvgIpc) is 3.07. The van der Waals surface area contributed by atoms with E-state index in [1.807, 2.05) is 18.2 Å². The van der Waals surface area contributed by atoms with Crippen LogP contribution in [0, 0.1) is 0 Å². The molecule has 132 valence electrons. The Morgan fingerprint density at radius 1 is 0.630 bits per heavy atom. The van der Waals surface area contributed by atoms with Crippen molar-refractivity contribution in [2.75, 3.05) is 14.2 Å². The largest absolute Gasteiger partial charge is 0.497 e. The molecular formula is C24H19NO2. The van der Waals surface area contributed by atoms with E-state index >= 15 is 0 Å². The van der Waals surface area contributed by atoms with Gasteiger partial charge >= 0.3 is 0 Å². The van der Waals surface area contributed by atoms with Crippen molar-refractivity contribution in [2.45, 2.75) is 0 Å². The molecule has 0 saturated heterocycles. The van der Waals surface area contributed by atoms with E-state index in [2.05, 4.69) is 65.2 Å². The van der Waals surface area contributed by atoms with Crippen molar-refractivity contribution in [3.8, 4) is 17.2 Å². The molecule has 0 unspecified atom stereocenters. The van der Waals surface area contributed by atoms with E-state index in [1.54, 1.807) is 14.2 Å². The number of para-hydroxylation sites is 1. The molecule has 0 aliphatic carbocycles. The number of benzene rings is 4. The fourth-order valence-electron chi connectivity index (χ4n) is 3.89. The molecule has 3 nitrogen and oxygen atoms in total. The fourth-order valence-corrected chi connectivity index (χ4v) is 3.89. The molecule has 3 heteroatoms. The lowest BCUT2D eigenvalue weighted by atomic mass is 10.1. The number of fused-ring (bicyclic) bond motifs is 5. The molecule has 0 saturated carbocycles. The minimum atomic E-state index is 0.855. The normalized spacial score (nSPS) is 11.3. The van der Waals surface area contributed by atoms with Crippen molar-refractivity contribution in [2.24, 2.45) is 0 Å². The summed E-state index contributed by atoms with van der Waals surface area (Å²) in [6.45, 7) is 0. The maximum atomic E-state index is 5.50. The quantitative estimate of drug-likeness (QED) is 0.400. The molecule has 5 aromatic rings. The second-order valence-corrected chi connectivity index (χ2v) is 6.60. The van der Waals surface area contributed by atoms with Crippen LogP contribution < -0.4 is 9.47 Å². The van der Waals surface area contributed by atoms with Gasteiger partial charge in [-0.1, -0.05) is 30.3 Å². The van der Waals surface area contributed by atoms with Gasteiger partial charge in [-0.05, 0) is 47.9 Å². The first-order valence-corrected chi connectivity index (χ1v) is 8.94. The zero-order valence-electron chi connectivity index (χ0n) is 15.3. The lowest BCUT2D eigenvalue weighted by Crippen LogP contribution is -1.94. The molecule has 1 heterocycles. The molecule has 4 aromatic carbocycles. The van der Waals surface area contributed by atoms with Crippen LogP contribution in [0.25, 0.3) is 38.3 Å². The number of rotatable bonds is 3. The number of aromatic nitrogens is 1. The molecule has 5 rings (SSSR count). The van der Waals surface area contributed by atoms with Crippen molar-refractivity contribution in [3.63, 3.8) is 0 Å². The fraction of sp³-hybridized carbons (Fsp3) is 0.0833. The first-order chi connectivity index (χ1) is 13.3. The molecule has 0 N–H and O–H groups in total. The minimum Gasteiger partial charge on any atom is -0.497 e. The van der Waals surface area contributed by atoms with E-state index < -0.39 is 0 Å². The van der Waals surface area contributed by atoms with Crippen molar-refractivity contribution in [3.05, 3.63) is 78.9 Å². The molecule has 0 radical (unpaired) electrons. The molecule has 0 atom stereocenters. The lowest BCUT2D eigenvalue weighted by Gasteiger charge is -2.10. The van der Waals surface area contributed by atoms with Crippen LogP contribution in [-0.2, 0) is 0 Å².